The van der Waals surface area contributed by atoms with Crippen molar-refractivity contribution in [2.75, 3.05) is 7.11 Å². The molecule has 0 aromatic carbocycles. The zero-order chi connectivity index (χ0) is 12.4. The van der Waals surface area contributed by atoms with Gasteiger partial charge >= 0.3 is 0 Å². The molecule has 90 valence electrons. The smallest absolute Gasteiger partial charge is 0.238 e. The standard InChI is InChI=1S/C11H14N4O2/c1-7-8(6-15(2)14-7)10(16)9-11(17-3)13-5-4-12-9/h4-6,10,16H,1-3H3. The van der Waals surface area contributed by atoms with E-state index in [-0.39, 0.29) is 0 Å². The fraction of sp³-hybridized carbons (Fsp3) is 0.364. The summed E-state index contributed by atoms with van der Waals surface area (Å²) in [5.41, 5.74) is 1.85. The van der Waals surface area contributed by atoms with Gasteiger partial charge in [0.15, 0.2) is 0 Å². The Morgan fingerprint density at radius 2 is 2.06 bits per heavy atom. The Labute approximate surface area is 98.9 Å². The monoisotopic (exact) mass is 234 g/mol. The van der Waals surface area contributed by atoms with Gasteiger partial charge in [-0.15, -0.1) is 0 Å². The van der Waals surface area contributed by atoms with E-state index in [2.05, 4.69) is 15.1 Å². The summed E-state index contributed by atoms with van der Waals surface area (Å²) in [6, 6.07) is 0. The van der Waals surface area contributed by atoms with Crippen molar-refractivity contribution in [3.63, 3.8) is 0 Å². The molecule has 0 amide bonds. The van der Waals surface area contributed by atoms with Crippen LogP contribution in [0.25, 0.3) is 0 Å². The average molecular weight is 234 g/mol. The van der Waals surface area contributed by atoms with E-state index >= 15 is 0 Å². The molecule has 0 saturated heterocycles. The fourth-order valence-corrected chi connectivity index (χ4v) is 1.71. The summed E-state index contributed by atoms with van der Waals surface area (Å²) < 4.78 is 6.72. The molecule has 1 N–H and O–H groups in total. The number of aliphatic hydroxyl groups is 1. The number of ether oxygens (including phenoxy) is 1. The van der Waals surface area contributed by atoms with Gasteiger partial charge in [0.1, 0.15) is 11.8 Å². The fourth-order valence-electron chi connectivity index (χ4n) is 1.71. The summed E-state index contributed by atoms with van der Waals surface area (Å²) in [6.07, 6.45) is 3.92. The number of aromatic nitrogens is 4. The second-order valence-electron chi connectivity index (χ2n) is 3.70. The van der Waals surface area contributed by atoms with Crippen LogP contribution in [0, 0.1) is 6.92 Å². The lowest BCUT2D eigenvalue weighted by molar-refractivity contribution is 0.207. The number of rotatable bonds is 3. The summed E-state index contributed by atoms with van der Waals surface area (Å²) in [5, 5.41) is 14.4. The molecule has 0 aliphatic heterocycles. The van der Waals surface area contributed by atoms with E-state index in [9.17, 15) is 5.11 Å². The van der Waals surface area contributed by atoms with Crippen LogP contribution in [-0.2, 0) is 7.05 Å². The summed E-state index contributed by atoms with van der Waals surface area (Å²) in [4.78, 5) is 8.11. The molecule has 0 saturated carbocycles. The van der Waals surface area contributed by atoms with Crippen molar-refractivity contribution in [2.24, 2.45) is 7.05 Å². The van der Waals surface area contributed by atoms with Gasteiger partial charge in [0.25, 0.3) is 0 Å². The Kier molecular flexibility index (Phi) is 3.06. The van der Waals surface area contributed by atoms with Gasteiger partial charge in [-0.2, -0.15) is 5.10 Å². The first-order chi connectivity index (χ1) is 8.13. The highest BCUT2D eigenvalue weighted by molar-refractivity contribution is 5.31. The molecule has 6 nitrogen and oxygen atoms in total. The van der Waals surface area contributed by atoms with E-state index in [4.69, 9.17) is 4.74 Å². The zero-order valence-electron chi connectivity index (χ0n) is 9.95. The molecule has 17 heavy (non-hydrogen) atoms. The maximum Gasteiger partial charge on any atom is 0.238 e. The zero-order valence-corrected chi connectivity index (χ0v) is 9.95. The molecule has 0 spiro atoms. The van der Waals surface area contributed by atoms with E-state index < -0.39 is 6.10 Å². The lowest BCUT2D eigenvalue weighted by atomic mass is 10.1. The van der Waals surface area contributed by atoms with E-state index in [1.165, 1.54) is 19.5 Å². The van der Waals surface area contributed by atoms with Gasteiger partial charge < -0.3 is 9.84 Å². The maximum atomic E-state index is 10.3. The predicted molar refractivity (Wildman–Crippen MR) is 60.6 cm³/mol. The summed E-state index contributed by atoms with van der Waals surface area (Å²) >= 11 is 0. The van der Waals surface area contributed by atoms with Crippen LogP contribution < -0.4 is 4.74 Å². The van der Waals surface area contributed by atoms with Crippen molar-refractivity contribution in [1.29, 1.82) is 0 Å². The molecule has 6 heteroatoms. The SMILES string of the molecule is COc1nccnc1C(O)c1cn(C)nc1C. The molecule has 0 fully saturated rings. The second kappa shape index (κ2) is 4.50. The van der Waals surface area contributed by atoms with Crippen molar-refractivity contribution in [2.45, 2.75) is 13.0 Å². The van der Waals surface area contributed by atoms with Crippen molar-refractivity contribution in [3.8, 4) is 5.88 Å². The maximum absolute atomic E-state index is 10.3. The van der Waals surface area contributed by atoms with Crippen molar-refractivity contribution in [3.05, 3.63) is 35.5 Å². The van der Waals surface area contributed by atoms with Crippen LogP contribution in [0.4, 0.5) is 0 Å². The third-order valence-electron chi connectivity index (χ3n) is 2.49. The molecule has 1 atom stereocenters. The molecule has 2 aromatic heterocycles. The summed E-state index contributed by atoms with van der Waals surface area (Å²) in [6.45, 7) is 1.83. The van der Waals surface area contributed by atoms with E-state index in [1.54, 1.807) is 17.9 Å². The summed E-state index contributed by atoms with van der Waals surface area (Å²) in [7, 11) is 3.30. The number of hydrogen-bond acceptors (Lipinski definition) is 5. The molecule has 2 rings (SSSR count). The second-order valence-corrected chi connectivity index (χ2v) is 3.70. The Balaban J connectivity index is 2.43. The highest BCUT2D eigenvalue weighted by Crippen LogP contribution is 2.27. The van der Waals surface area contributed by atoms with Crippen molar-refractivity contribution >= 4 is 0 Å². The molecule has 0 radical (unpaired) electrons. The van der Waals surface area contributed by atoms with Crippen LogP contribution in [0.2, 0.25) is 0 Å². The molecule has 2 heterocycles. The topological polar surface area (TPSA) is 73.1 Å². The molecular formula is C11H14N4O2. The van der Waals surface area contributed by atoms with Crippen LogP contribution >= 0.6 is 0 Å². The van der Waals surface area contributed by atoms with E-state index in [1.807, 2.05) is 6.92 Å². The molecular weight excluding hydrogens is 220 g/mol. The number of aryl methyl sites for hydroxylation is 2. The van der Waals surface area contributed by atoms with Crippen LogP contribution in [-0.4, -0.2) is 32.0 Å². The van der Waals surface area contributed by atoms with Gasteiger partial charge in [-0.1, -0.05) is 0 Å². The third-order valence-corrected chi connectivity index (χ3v) is 2.49. The highest BCUT2D eigenvalue weighted by atomic mass is 16.5. The quantitative estimate of drug-likeness (QED) is 0.842. The van der Waals surface area contributed by atoms with Gasteiger partial charge in [-0.05, 0) is 6.92 Å². The lowest BCUT2D eigenvalue weighted by Gasteiger charge is -2.11. The van der Waals surface area contributed by atoms with Crippen LogP contribution in [0.5, 0.6) is 5.88 Å². The average Bonchev–Trinajstić information content (AvgIpc) is 2.67. The van der Waals surface area contributed by atoms with Gasteiger partial charge in [0.2, 0.25) is 5.88 Å². The minimum atomic E-state index is -0.882. The Bertz CT molecular complexity index is 524. The van der Waals surface area contributed by atoms with Crippen LogP contribution in [0.15, 0.2) is 18.6 Å². The van der Waals surface area contributed by atoms with E-state index in [0.717, 1.165) is 5.69 Å². The third kappa shape index (κ3) is 2.12. The first-order valence-corrected chi connectivity index (χ1v) is 5.16. The number of nitrogens with zero attached hydrogens (tertiary/aromatic N) is 4. The Morgan fingerprint density at radius 1 is 1.35 bits per heavy atom. The van der Waals surface area contributed by atoms with Gasteiger partial charge in [0, 0.05) is 31.2 Å². The number of methoxy groups -OCH3 is 1. The highest BCUT2D eigenvalue weighted by Gasteiger charge is 2.21. The largest absolute Gasteiger partial charge is 0.480 e. The van der Waals surface area contributed by atoms with Crippen LogP contribution in [0.3, 0.4) is 0 Å². The minimum Gasteiger partial charge on any atom is -0.480 e. The Morgan fingerprint density at radius 3 is 2.65 bits per heavy atom. The molecule has 0 bridgehead atoms. The molecule has 0 aliphatic carbocycles. The first-order valence-electron chi connectivity index (χ1n) is 5.16. The normalized spacial score (nSPS) is 12.5. The molecule has 0 aliphatic rings. The molecule has 1 unspecified atom stereocenters. The first kappa shape index (κ1) is 11.5. The summed E-state index contributed by atoms with van der Waals surface area (Å²) in [5.74, 6) is 0.322. The number of hydrogen-bond donors (Lipinski definition) is 1. The van der Waals surface area contributed by atoms with Crippen LogP contribution in [0.1, 0.15) is 23.1 Å². The van der Waals surface area contributed by atoms with Gasteiger partial charge in [-0.25, -0.2) is 4.98 Å². The van der Waals surface area contributed by atoms with E-state index in [0.29, 0.717) is 17.1 Å². The Hall–Kier alpha value is -1.95. The van der Waals surface area contributed by atoms with Crippen molar-refractivity contribution in [1.82, 2.24) is 19.7 Å². The van der Waals surface area contributed by atoms with Gasteiger partial charge in [0.05, 0.1) is 12.8 Å². The number of aliphatic hydroxyl groups excluding tert-OH is 1. The lowest BCUT2D eigenvalue weighted by Crippen LogP contribution is -2.06. The van der Waals surface area contributed by atoms with Crippen molar-refractivity contribution < 1.29 is 9.84 Å². The van der Waals surface area contributed by atoms with Gasteiger partial charge in [-0.3, -0.25) is 9.67 Å². The molecule has 2 aromatic rings. The minimum absolute atomic E-state index is 0.322. The predicted octanol–water partition coefficient (Wildman–Crippen LogP) is 0.609.